The van der Waals surface area contributed by atoms with Crippen molar-refractivity contribution in [2.45, 2.75) is 31.3 Å². The summed E-state index contributed by atoms with van der Waals surface area (Å²) in [6.07, 6.45) is 1.84. The van der Waals surface area contributed by atoms with E-state index in [0.717, 1.165) is 17.0 Å². The second kappa shape index (κ2) is 7.88. The quantitative estimate of drug-likeness (QED) is 0.466. The van der Waals surface area contributed by atoms with Gasteiger partial charge in [0.15, 0.2) is 5.82 Å². The smallest absolute Gasteiger partial charge is 0.322 e. The van der Waals surface area contributed by atoms with E-state index < -0.39 is 26.8 Å². The molecule has 156 valence electrons. The van der Waals surface area contributed by atoms with Crippen LogP contribution < -0.4 is 9.46 Å². The molecule has 0 unspecified atom stereocenters. The second-order valence-corrected chi connectivity index (χ2v) is 8.37. The third kappa shape index (κ3) is 3.79. The number of hydrogen-bond donors (Lipinski definition) is 2. The first-order chi connectivity index (χ1) is 14.4. The van der Waals surface area contributed by atoms with Crippen LogP contribution in [0.1, 0.15) is 25.7 Å². The molecule has 0 spiro atoms. The Morgan fingerprint density at radius 2 is 2.00 bits per heavy atom. The summed E-state index contributed by atoms with van der Waals surface area (Å²) >= 11 is 0. The van der Waals surface area contributed by atoms with Gasteiger partial charge in [0.05, 0.1) is 6.04 Å². The maximum atomic E-state index is 13.9. The molecule has 2 N–H and O–H groups in total. The number of H-pyrrole nitrogens is 1. The van der Waals surface area contributed by atoms with E-state index in [0.29, 0.717) is 18.1 Å². The van der Waals surface area contributed by atoms with Crippen molar-refractivity contribution in [3.63, 3.8) is 0 Å². The first kappa shape index (κ1) is 20.0. The Balaban J connectivity index is 1.59. The van der Waals surface area contributed by atoms with Gasteiger partial charge in [-0.25, -0.2) is 17.5 Å². The van der Waals surface area contributed by atoms with E-state index in [1.165, 1.54) is 18.2 Å². The van der Waals surface area contributed by atoms with Crippen LogP contribution in [0.3, 0.4) is 0 Å². The van der Waals surface area contributed by atoms with Crippen LogP contribution in [0.2, 0.25) is 0 Å². The summed E-state index contributed by atoms with van der Waals surface area (Å²) in [6.45, 7) is 3.93. The highest BCUT2D eigenvalue weighted by Crippen LogP contribution is 2.26. The topological polar surface area (TPSA) is 102 Å². The van der Waals surface area contributed by atoms with Crippen LogP contribution in [-0.2, 0) is 16.6 Å². The maximum absolute atomic E-state index is 13.9. The zero-order valence-corrected chi connectivity index (χ0v) is 17.1. The lowest BCUT2D eigenvalue weighted by Gasteiger charge is -2.15. The van der Waals surface area contributed by atoms with Crippen molar-refractivity contribution in [3.8, 4) is 11.8 Å². The molecule has 0 fully saturated rings. The standard InChI is InChI=1S/C20H20FN5O3S/c1-3-26-19(13(2)25-30(27,28)18-7-5-4-6-16(18)21)23-24-20(26)29-15-9-8-14-10-11-22-17(14)12-15/h4-13,22,25H,3H2,1-2H3/t13-/m1/s1. The van der Waals surface area contributed by atoms with Crippen LogP contribution in [0.5, 0.6) is 11.8 Å². The predicted octanol–water partition coefficient (Wildman–Crippen LogP) is 3.75. The normalized spacial score (nSPS) is 12.9. The largest absolute Gasteiger partial charge is 0.424 e. The molecule has 2 heterocycles. The van der Waals surface area contributed by atoms with Gasteiger partial charge in [-0.2, -0.15) is 0 Å². The molecule has 4 rings (SSSR count). The number of ether oxygens (including phenoxy) is 1. The average Bonchev–Trinajstić information content (AvgIpc) is 3.34. The molecule has 2 aromatic heterocycles. The maximum Gasteiger partial charge on any atom is 0.322 e. The van der Waals surface area contributed by atoms with E-state index in [9.17, 15) is 12.8 Å². The number of nitrogens with zero attached hydrogens (tertiary/aromatic N) is 3. The Hall–Kier alpha value is -3.24. The van der Waals surface area contributed by atoms with E-state index in [-0.39, 0.29) is 6.01 Å². The molecule has 1 atom stereocenters. The van der Waals surface area contributed by atoms with E-state index in [1.54, 1.807) is 11.5 Å². The van der Waals surface area contributed by atoms with Gasteiger partial charge in [0, 0.05) is 24.3 Å². The third-order valence-corrected chi connectivity index (χ3v) is 6.22. The monoisotopic (exact) mass is 429 g/mol. The van der Waals surface area contributed by atoms with Crippen molar-refractivity contribution >= 4 is 20.9 Å². The fourth-order valence-corrected chi connectivity index (χ4v) is 4.48. The SMILES string of the molecule is CCn1c(Oc2ccc3cc[nH]c3c2)nnc1[C@@H](C)NS(=O)(=O)c1ccccc1F. The summed E-state index contributed by atoms with van der Waals surface area (Å²) in [5, 5.41) is 9.21. The van der Waals surface area contributed by atoms with Gasteiger partial charge < -0.3 is 9.72 Å². The molecule has 0 saturated heterocycles. The van der Waals surface area contributed by atoms with Gasteiger partial charge in [-0.05, 0) is 49.6 Å². The van der Waals surface area contributed by atoms with E-state index in [1.807, 2.05) is 37.4 Å². The van der Waals surface area contributed by atoms with Crippen LogP contribution in [0.15, 0.2) is 59.6 Å². The summed E-state index contributed by atoms with van der Waals surface area (Å²) in [5.41, 5.74) is 0.918. The summed E-state index contributed by atoms with van der Waals surface area (Å²) in [5.74, 6) is 0.101. The number of benzene rings is 2. The molecule has 30 heavy (non-hydrogen) atoms. The Bertz CT molecular complexity index is 1300. The average molecular weight is 429 g/mol. The van der Waals surface area contributed by atoms with Crippen molar-refractivity contribution in [3.05, 3.63) is 66.4 Å². The van der Waals surface area contributed by atoms with Gasteiger partial charge >= 0.3 is 6.01 Å². The van der Waals surface area contributed by atoms with E-state index in [4.69, 9.17) is 4.74 Å². The number of aromatic amines is 1. The highest BCUT2D eigenvalue weighted by Gasteiger charge is 2.25. The number of hydrogen-bond acceptors (Lipinski definition) is 5. The van der Waals surface area contributed by atoms with E-state index >= 15 is 0 Å². The van der Waals surface area contributed by atoms with Crippen LogP contribution in [0.4, 0.5) is 4.39 Å². The minimum absolute atomic E-state index is 0.232. The molecule has 8 nitrogen and oxygen atoms in total. The van der Waals surface area contributed by atoms with Crippen molar-refractivity contribution < 1.29 is 17.5 Å². The van der Waals surface area contributed by atoms with Crippen molar-refractivity contribution in [2.75, 3.05) is 0 Å². The zero-order valence-electron chi connectivity index (χ0n) is 16.3. The summed E-state index contributed by atoms with van der Waals surface area (Å²) in [6, 6.07) is 12.2. The van der Waals surface area contributed by atoms with Gasteiger partial charge in [-0.15, -0.1) is 5.10 Å². The van der Waals surface area contributed by atoms with Gasteiger partial charge in [-0.3, -0.25) is 4.57 Å². The number of halogens is 1. The molecule has 0 aliphatic rings. The molecular weight excluding hydrogens is 409 g/mol. The second-order valence-electron chi connectivity index (χ2n) is 6.69. The van der Waals surface area contributed by atoms with Gasteiger partial charge in [0.1, 0.15) is 16.5 Å². The molecular formula is C20H20FN5O3S. The minimum atomic E-state index is -4.08. The van der Waals surface area contributed by atoms with Gasteiger partial charge in [0.2, 0.25) is 10.0 Å². The molecule has 4 aromatic rings. The first-order valence-electron chi connectivity index (χ1n) is 9.34. The lowest BCUT2D eigenvalue weighted by molar-refractivity contribution is 0.408. The summed E-state index contributed by atoms with van der Waals surface area (Å²) < 4.78 is 49.1. The third-order valence-electron chi connectivity index (χ3n) is 4.64. The predicted molar refractivity (Wildman–Crippen MR) is 109 cm³/mol. The molecule has 0 aliphatic heterocycles. The highest BCUT2D eigenvalue weighted by molar-refractivity contribution is 7.89. The van der Waals surface area contributed by atoms with Gasteiger partial charge in [-0.1, -0.05) is 17.2 Å². The molecule has 0 saturated carbocycles. The molecule has 2 aromatic carbocycles. The number of aromatic nitrogens is 4. The Kier molecular flexibility index (Phi) is 5.27. The zero-order chi connectivity index (χ0) is 21.3. The fraction of sp³-hybridized carbons (Fsp3) is 0.200. The van der Waals surface area contributed by atoms with Crippen molar-refractivity contribution in [2.24, 2.45) is 0 Å². The number of rotatable bonds is 7. The molecule has 0 radical (unpaired) electrons. The van der Waals surface area contributed by atoms with E-state index in [2.05, 4.69) is 19.9 Å². The lowest BCUT2D eigenvalue weighted by atomic mass is 10.2. The van der Waals surface area contributed by atoms with Crippen molar-refractivity contribution in [1.82, 2.24) is 24.5 Å². The summed E-state index contributed by atoms with van der Waals surface area (Å²) in [7, 11) is -4.08. The lowest BCUT2D eigenvalue weighted by Crippen LogP contribution is -2.29. The number of sulfonamides is 1. The van der Waals surface area contributed by atoms with Crippen molar-refractivity contribution in [1.29, 1.82) is 0 Å². The molecule has 0 bridgehead atoms. The van der Waals surface area contributed by atoms with Crippen LogP contribution >= 0.6 is 0 Å². The first-order valence-corrected chi connectivity index (χ1v) is 10.8. The Labute approximate surface area is 172 Å². The fourth-order valence-electron chi connectivity index (χ4n) is 3.20. The van der Waals surface area contributed by atoms with Crippen LogP contribution in [-0.4, -0.2) is 28.2 Å². The Morgan fingerprint density at radius 3 is 2.77 bits per heavy atom. The molecule has 10 heteroatoms. The van der Waals surface area contributed by atoms with Crippen LogP contribution in [0, 0.1) is 5.82 Å². The summed E-state index contributed by atoms with van der Waals surface area (Å²) in [4.78, 5) is 2.69. The minimum Gasteiger partial charge on any atom is -0.424 e. The number of fused-ring (bicyclic) bond motifs is 1. The van der Waals surface area contributed by atoms with Gasteiger partial charge in [0.25, 0.3) is 0 Å². The molecule has 0 aliphatic carbocycles. The van der Waals surface area contributed by atoms with Crippen LogP contribution in [0.25, 0.3) is 10.9 Å². The number of nitrogens with one attached hydrogen (secondary N) is 2. The highest BCUT2D eigenvalue weighted by atomic mass is 32.2. The molecule has 0 amide bonds. The Morgan fingerprint density at radius 1 is 1.20 bits per heavy atom.